The van der Waals surface area contributed by atoms with Gasteiger partial charge in [-0.15, -0.1) is 0 Å². The third-order valence-electron chi connectivity index (χ3n) is 5.18. The van der Waals surface area contributed by atoms with Crippen LogP contribution in [0.25, 0.3) is 0 Å². The first-order valence-electron chi connectivity index (χ1n) is 9.23. The number of hydrogen-bond acceptors (Lipinski definition) is 5. The first-order chi connectivity index (χ1) is 11.9. The Bertz CT molecular complexity index is 667. The van der Waals surface area contributed by atoms with Crippen molar-refractivity contribution in [3.8, 4) is 0 Å². The zero-order chi connectivity index (χ0) is 18.0. The molecule has 0 aliphatic carbocycles. The van der Waals surface area contributed by atoms with Gasteiger partial charge in [0.1, 0.15) is 0 Å². The summed E-state index contributed by atoms with van der Waals surface area (Å²) in [7, 11) is -1.51. The van der Waals surface area contributed by atoms with Gasteiger partial charge in [0.15, 0.2) is 0 Å². The lowest BCUT2D eigenvalue weighted by atomic mass is 10.0. The number of piperidine rings is 1. The van der Waals surface area contributed by atoms with Gasteiger partial charge in [-0.3, -0.25) is 4.68 Å². The van der Waals surface area contributed by atoms with Crippen LogP contribution in [0.4, 0.5) is 0 Å². The second-order valence-corrected chi connectivity index (χ2v) is 9.81. The average molecular weight is 371 g/mol. The van der Waals surface area contributed by atoms with Gasteiger partial charge in [0.25, 0.3) is 0 Å². The molecule has 0 N–H and O–H groups in total. The van der Waals surface area contributed by atoms with Crippen molar-refractivity contribution in [2.24, 2.45) is 7.05 Å². The summed E-state index contributed by atoms with van der Waals surface area (Å²) >= 11 is 0. The summed E-state index contributed by atoms with van der Waals surface area (Å²) in [4.78, 5) is 2.41. The highest BCUT2D eigenvalue weighted by atomic mass is 32.2. The third-order valence-corrected chi connectivity index (χ3v) is 7.44. The molecule has 2 fully saturated rings. The molecule has 3 rings (SSSR count). The zero-order valence-electron chi connectivity index (χ0n) is 15.5. The van der Waals surface area contributed by atoms with E-state index in [1.807, 2.05) is 13.2 Å². The Morgan fingerprint density at radius 3 is 2.56 bits per heavy atom. The van der Waals surface area contributed by atoms with Gasteiger partial charge >= 0.3 is 0 Å². The molecule has 142 valence electrons. The maximum Gasteiger partial charge on any atom is 0.217 e. The van der Waals surface area contributed by atoms with E-state index in [0.717, 1.165) is 25.2 Å². The molecule has 2 atom stereocenters. The van der Waals surface area contributed by atoms with Crippen LogP contribution >= 0.6 is 0 Å². The molecule has 0 unspecified atom stereocenters. The fourth-order valence-electron chi connectivity index (χ4n) is 3.79. The summed E-state index contributed by atoms with van der Waals surface area (Å²) in [6, 6.07) is -0.309. The molecule has 7 nitrogen and oxygen atoms in total. The molecule has 1 aromatic heterocycles. The van der Waals surface area contributed by atoms with Crippen molar-refractivity contribution in [1.82, 2.24) is 19.0 Å². The topological polar surface area (TPSA) is 67.7 Å². The first kappa shape index (κ1) is 18.8. The number of ether oxygens (including phenoxy) is 1. The van der Waals surface area contributed by atoms with Crippen LogP contribution in [-0.4, -0.2) is 71.5 Å². The van der Waals surface area contributed by atoms with Crippen molar-refractivity contribution in [2.75, 3.05) is 32.8 Å². The number of aryl methyl sites for hydroxylation is 1. The summed E-state index contributed by atoms with van der Waals surface area (Å²) in [6.45, 7) is 7.23. The smallest absolute Gasteiger partial charge is 0.217 e. The maximum absolute atomic E-state index is 12.9. The third kappa shape index (κ3) is 4.07. The van der Waals surface area contributed by atoms with Crippen LogP contribution in [0.1, 0.15) is 44.7 Å². The Balaban J connectivity index is 1.89. The molecule has 0 aromatic carbocycles. The molecule has 2 saturated heterocycles. The van der Waals surface area contributed by atoms with E-state index in [1.54, 1.807) is 29.0 Å². The minimum absolute atomic E-state index is 0.162. The lowest BCUT2D eigenvalue weighted by Crippen LogP contribution is -2.53. The van der Waals surface area contributed by atoms with Crippen LogP contribution in [0.3, 0.4) is 0 Å². The van der Waals surface area contributed by atoms with Crippen LogP contribution in [0.5, 0.6) is 0 Å². The molecule has 8 heteroatoms. The molecule has 0 spiro atoms. The molecule has 1 aromatic rings. The van der Waals surface area contributed by atoms with Gasteiger partial charge < -0.3 is 9.64 Å². The monoisotopic (exact) mass is 370 g/mol. The molecule has 0 bridgehead atoms. The fraction of sp³-hybridized carbons (Fsp3) is 0.824. The number of aromatic nitrogens is 2. The Morgan fingerprint density at radius 1 is 1.24 bits per heavy atom. The van der Waals surface area contributed by atoms with E-state index in [1.165, 1.54) is 19.3 Å². The fourth-order valence-corrected chi connectivity index (χ4v) is 5.23. The minimum Gasteiger partial charge on any atom is -0.373 e. The Hall–Kier alpha value is -0.960. The van der Waals surface area contributed by atoms with Crippen LogP contribution in [0.15, 0.2) is 12.4 Å². The Kier molecular flexibility index (Phi) is 5.82. The van der Waals surface area contributed by atoms with Gasteiger partial charge in [-0.25, -0.2) is 8.42 Å². The van der Waals surface area contributed by atoms with Crippen LogP contribution < -0.4 is 0 Å². The molecule has 25 heavy (non-hydrogen) atoms. The molecule has 0 amide bonds. The predicted octanol–water partition coefficient (Wildman–Crippen LogP) is 1.39. The van der Waals surface area contributed by atoms with Gasteiger partial charge in [0.2, 0.25) is 10.0 Å². The molecule has 0 radical (unpaired) electrons. The van der Waals surface area contributed by atoms with Crippen LogP contribution in [-0.2, 0) is 21.8 Å². The van der Waals surface area contributed by atoms with Gasteiger partial charge in [0.05, 0.1) is 30.2 Å². The van der Waals surface area contributed by atoms with E-state index in [-0.39, 0.29) is 12.1 Å². The summed E-state index contributed by atoms with van der Waals surface area (Å²) < 4.78 is 35.3. The SMILES string of the molecule is CC(C)S(=O)(=O)N1CCO[C@@H](CN2CCCCC2)[C@@H]1c1cnn(C)c1. The van der Waals surface area contributed by atoms with Gasteiger partial charge in [0, 0.05) is 31.9 Å². The number of rotatable bonds is 5. The predicted molar refractivity (Wildman–Crippen MR) is 96.7 cm³/mol. The normalized spacial score (nSPS) is 27.0. The Morgan fingerprint density at radius 2 is 1.96 bits per heavy atom. The lowest BCUT2D eigenvalue weighted by molar-refractivity contribution is -0.0587. The summed E-state index contributed by atoms with van der Waals surface area (Å²) in [5.41, 5.74) is 0.911. The van der Waals surface area contributed by atoms with E-state index in [4.69, 9.17) is 4.74 Å². The first-order valence-corrected chi connectivity index (χ1v) is 10.7. The molecular formula is C17H30N4O3S. The number of nitrogens with zero attached hydrogens (tertiary/aromatic N) is 4. The van der Waals surface area contributed by atoms with Gasteiger partial charge in [-0.2, -0.15) is 9.40 Å². The van der Waals surface area contributed by atoms with Crippen molar-refractivity contribution in [3.63, 3.8) is 0 Å². The van der Waals surface area contributed by atoms with Gasteiger partial charge in [-0.05, 0) is 39.8 Å². The quantitative estimate of drug-likeness (QED) is 0.783. The lowest BCUT2D eigenvalue weighted by Gasteiger charge is -2.42. The highest BCUT2D eigenvalue weighted by molar-refractivity contribution is 7.89. The van der Waals surface area contributed by atoms with Crippen molar-refractivity contribution >= 4 is 10.0 Å². The van der Waals surface area contributed by atoms with Crippen LogP contribution in [0.2, 0.25) is 0 Å². The second-order valence-electron chi connectivity index (χ2n) is 7.37. The van der Waals surface area contributed by atoms with E-state index in [2.05, 4.69) is 10.00 Å². The average Bonchev–Trinajstić information content (AvgIpc) is 3.01. The highest BCUT2D eigenvalue weighted by Gasteiger charge is 2.42. The van der Waals surface area contributed by atoms with Crippen molar-refractivity contribution in [1.29, 1.82) is 0 Å². The van der Waals surface area contributed by atoms with E-state index in [9.17, 15) is 8.42 Å². The van der Waals surface area contributed by atoms with Crippen molar-refractivity contribution < 1.29 is 13.2 Å². The standard InChI is InChI=1S/C17H30N4O3S/c1-14(2)25(22,23)21-9-10-24-16(13-20-7-5-4-6-8-20)17(21)15-11-18-19(3)12-15/h11-12,14,16-17H,4-10,13H2,1-3H3/t16-,17-/m0/s1. The van der Waals surface area contributed by atoms with Crippen LogP contribution in [0, 0.1) is 0 Å². The number of likely N-dealkylation sites (tertiary alicyclic amines) is 1. The second kappa shape index (κ2) is 7.73. The summed E-state index contributed by atoms with van der Waals surface area (Å²) in [6.07, 6.45) is 7.21. The Labute approximate surface area is 151 Å². The zero-order valence-corrected chi connectivity index (χ0v) is 16.3. The van der Waals surface area contributed by atoms with Crippen molar-refractivity contribution in [3.05, 3.63) is 18.0 Å². The number of morpholine rings is 1. The van der Waals surface area contributed by atoms with Gasteiger partial charge in [-0.1, -0.05) is 6.42 Å². The minimum atomic E-state index is -3.36. The molecule has 2 aliphatic rings. The van der Waals surface area contributed by atoms with E-state index in [0.29, 0.717) is 13.2 Å². The molecular weight excluding hydrogens is 340 g/mol. The molecule has 0 saturated carbocycles. The van der Waals surface area contributed by atoms with E-state index < -0.39 is 15.3 Å². The molecule has 2 aliphatic heterocycles. The maximum atomic E-state index is 12.9. The highest BCUT2D eigenvalue weighted by Crippen LogP contribution is 2.33. The summed E-state index contributed by atoms with van der Waals surface area (Å²) in [5, 5.41) is 3.82. The van der Waals surface area contributed by atoms with Crippen molar-refractivity contribution in [2.45, 2.75) is 50.5 Å². The molecule has 3 heterocycles. The largest absolute Gasteiger partial charge is 0.373 e. The number of sulfonamides is 1. The van der Waals surface area contributed by atoms with E-state index >= 15 is 0 Å². The summed E-state index contributed by atoms with van der Waals surface area (Å²) in [5.74, 6) is 0. The number of hydrogen-bond donors (Lipinski definition) is 0.